The van der Waals surface area contributed by atoms with Crippen LogP contribution in [-0.4, -0.2) is 16.5 Å². The number of nitrogens with two attached hydrogens (primary N) is 1. The fourth-order valence-electron chi connectivity index (χ4n) is 2.15. The summed E-state index contributed by atoms with van der Waals surface area (Å²) in [4.78, 5) is 8.19. The number of rotatable bonds is 3. The topological polar surface area (TPSA) is 63.8 Å². The minimum atomic E-state index is 0.351. The molecule has 4 nitrogen and oxygen atoms in total. The van der Waals surface area contributed by atoms with E-state index in [9.17, 15) is 0 Å². The van der Waals surface area contributed by atoms with Gasteiger partial charge in [0.25, 0.3) is 0 Å². The number of aromatic nitrogens is 2. The molecule has 0 amide bonds. The lowest BCUT2D eigenvalue weighted by molar-refractivity contribution is 0.579. The van der Waals surface area contributed by atoms with Crippen molar-refractivity contribution in [1.29, 1.82) is 0 Å². The Morgan fingerprint density at radius 3 is 2.80 bits per heavy atom. The van der Waals surface area contributed by atoms with Crippen molar-refractivity contribution in [3.8, 4) is 0 Å². The van der Waals surface area contributed by atoms with Crippen LogP contribution in [0.3, 0.4) is 0 Å². The maximum atomic E-state index is 5.58. The molecule has 3 N–H and O–H groups in total. The number of hydrogen-bond acceptors (Lipinski definition) is 4. The molecular weight excluding hydrogens is 188 g/mol. The Labute approximate surface area is 90.3 Å². The van der Waals surface area contributed by atoms with E-state index >= 15 is 0 Å². The highest BCUT2D eigenvalue weighted by Crippen LogP contribution is 2.24. The van der Waals surface area contributed by atoms with E-state index in [1.54, 1.807) is 0 Å². The van der Waals surface area contributed by atoms with E-state index in [-0.39, 0.29) is 0 Å². The van der Waals surface area contributed by atoms with E-state index in [2.05, 4.69) is 15.3 Å². The zero-order valence-corrected chi connectivity index (χ0v) is 9.16. The molecule has 0 spiro atoms. The molecule has 1 aliphatic rings. The van der Waals surface area contributed by atoms with Crippen LogP contribution in [0.15, 0.2) is 6.07 Å². The van der Waals surface area contributed by atoms with Gasteiger partial charge in [0.2, 0.25) is 5.95 Å². The second kappa shape index (κ2) is 4.47. The van der Waals surface area contributed by atoms with Crippen LogP contribution in [-0.2, 0) is 0 Å². The van der Waals surface area contributed by atoms with Gasteiger partial charge in [0, 0.05) is 18.3 Å². The molecule has 0 radical (unpaired) electrons. The number of anilines is 2. The molecule has 1 heterocycles. The van der Waals surface area contributed by atoms with Crippen LogP contribution < -0.4 is 11.1 Å². The average Bonchev–Trinajstić information content (AvgIpc) is 2.65. The van der Waals surface area contributed by atoms with Gasteiger partial charge >= 0.3 is 0 Å². The first-order chi connectivity index (χ1) is 7.24. The van der Waals surface area contributed by atoms with Gasteiger partial charge in [-0.3, -0.25) is 0 Å². The molecule has 0 aliphatic heterocycles. The van der Waals surface area contributed by atoms with Crippen LogP contribution in [0.1, 0.15) is 31.4 Å². The van der Waals surface area contributed by atoms with Crippen molar-refractivity contribution in [3.05, 3.63) is 11.8 Å². The molecule has 2 rings (SSSR count). The van der Waals surface area contributed by atoms with Crippen molar-refractivity contribution in [2.24, 2.45) is 5.92 Å². The summed E-state index contributed by atoms with van der Waals surface area (Å²) in [6.45, 7) is 2.94. The van der Waals surface area contributed by atoms with Gasteiger partial charge in [-0.1, -0.05) is 12.8 Å². The molecule has 1 aromatic rings. The molecule has 15 heavy (non-hydrogen) atoms. The Morgan fingerprint density at radius 1 is 1.40 bits per heavy atom. The van der Waals surface area contributed by atoms with Gasteiger partial charge < -0.3 is 11.1 Å². The summed E-state index contributed by atoms with van der Waals surface area (Å²) in [7, 11) is 0. The molecule has 0 saturated heterocycles. The van der Waals surface area contributed by atoms with Gasteiger partial charge in [-0.2, -0.15) is 4.98 Å². The molecule has 0 bridgehead atoms. The quantitative estimate of drug-likeness (QED) is 0.793. The maximum Gasteiger partial charge on any atom is 0.222 e. The molecular formula is C11H18N4. The third-order valence-electron chi connectivity index (χ3n) is 2.92. The number of nitrogens with one attached hydrogen (secondary N) is 1. The average molecular weight is 206 g/mol. The molecule has 0 unspecified atom stereocenters. The van der Waals surface area contributed by atoms with Crippen molar-refractivity contribution < 1.29 is 0 Å². The van der Waals surface area contributed by atoms with Crippen molar-refractivity contribution >= 4 is 11.8 Å². The molecule has 0 atom stereocenters. The Hall–Kier alpha value is -1.32. The van der Waals surface area contributed by atoms with E-state index in [1.807, 2.05) is 13.0 Å². The number of nitrogens with zero attached hydrogens (tertiary/aromatic N) is 2. The molecule has 1 saturated carbocycles. The highest BCUT2D eigenvalue weighted by atomic mass is 15.1. The lowest BCUT2D eigenvalue weighted by Gasteiger charge is -2.11. The van der Waals surface area contributed by atoms with Gasteiger partial charge in [-0.05, 0) is 25.7 Å². The van der Waals surface area contributed by atoms with E-state index in [1.165, 1.54) is 25.7 Å². The third kappa shape index (κ3) is 2.81. The van der Waals surface area contributed by atoms with Crippen LogP contribution in [0.25, 0.3) is 0 Å². The summed E-state index contributed by atoms with van der Waals surface area (Å²) in [6.07, 6.45) is 5.42. The summed E-state index contributed by atoms with van der Waals surface area (Å²) in [5, 5.41) is 3.34. The van der Waals surface area contributed by atoms with E-state index in [0.29, 0.717) is 5.95 Å². The molecule has 82 valence electrons. The van der Waals surface area contributed by atoms with E-state index in [0.717, 1.165) is 24.0 Å². The Balaban J connectivity index is 1.92. The lowest BCUT2D eigenvalue weighted by Crippen LogP contribution is -2.13. The predicted molar refractivity (Wildman–Crippen MR) is 61.6 cm³/mol. The highest BCUT2D eigenvalue weighted by Gasteiger charge is 2.14. The van der Waals surface area contributed by atoms with Crippen molar-refractivity contribution in [2.45, 2.75) is 32.6 Å². The number of nitrogen functional groups attached to an aromatic ring is 1. The minimum Gasteiger partial charge on any atom is -0.370 e. The summed E-state index contributed by atoms with van der Waals surface area (Å²) >= 11 is 0. The SMILES string of the molecule is Cc1cc(NCC2CCCC2)nc(N)n1. The van der Waals surface area contributed by atoms with Crippen LogP contribution in [0.2, 0.25) is 0 Å². The van der Waals surface area contributed by atoms with Crippen LogP contribution in [0.5, 0.6) is 0 Å². The predicted octanol–water partition coefficient (Wildman–Crippen LogP) is 1.97. The van der Waals surface area contributed by atoms with Crippen molar-refractivity contribution in [2.75, 3.05) is 17.6 Å². The zero-order valence-electron chi connectivity index (χ0n) is 9.16. The van der Waals surface area contributed by atoms with Crippen molar-refractivity contribution in [3.63, 3.8) is 0 Å². The maximum absolute atomic E-state index is 5.58. The zero-order chi connectivity index (χ0) is 10.7. The van der Waals surface area contributed by atoms with Crippen molar-refractivity contribution in [1.82, 2.24) is 9.97 Å². The monoisotopic (exact) mass is 206 g/mol. The van der Waals surface area contributed by atoms with E-state index in [4.69, 9.17) is 5.73 Å². The molecule has 1 fully saturated rings. The third-order valence-corrected chi connectivity index (χ3v) is 2.92. The molecule has 4 heteroatoms. The Morgan fingerprint density at radius 2 is 2.13 bits per heavy atom. The summed E-state index contributed by atoms with van der Waals surface area (Å²) in [5.74, 6) is 2.01. The molecule has 1 aromatic heterocycles. The smallest absolute Gasteiger partial charge is 0.222 e. The second-order valence-corrected chi connectivity index (χ2v) is 4.28. The van der Waals surface area contributed by atoms with Gasteiger partial charge in [0.15, 0.2) is 0 Å². The highest BCUT2D eigenvalue weighted by molar-refractivity contribution is 5.40. The summed E-state index contributed by atoms with van der Waals surface area (Å²) < 4.78 is 0. The standard InChI is InChI=1S/C11H18N4/c1-8-6-10(15-11(12)14-8)13-7-9-4-2-3-5-9/h6,9H,2-5,7H2,1H3,(H3,12,13,14,15). The van der Waals surface area contributed by atoms with Crippen LogP contribution in [0.4, 0.5) is 11.8 Å². The summed E-state index contributed by atoms with van der Waals surface area (Å²) in [5.41, 5.74) is 6.49. The fraction of sp³-hybridized carbons (Fsp3) is 0.636. The number of hydrogen-bond donors (Lipinski definition) is 2. The van der Waals surface area contributed by atoms with Gasteiger partial charge in [-0.15, -0.1) is 0 Å². The van der Waals surface area contributed by atoms with E-state index < -0.39 is 0 Å². The fourth-order valence-corrected chi connectivity index (χ4v) is 2.15. The minimum absolute atomic E-state index is 0.351. The first-order valence-corrected chi connectivity index (χ1v) is 5.59. The normalized spacial score (nSPS) is 16.9. The molecule has 1 aliphatic carbocycles. The lowest BCUT2D eigenvalue weighted by atomic mass is 10.1. The Kier molecular flexibility index (Phi) is 3.04. The largest absolute Gasteiger partial charge is 0.370 e. The van der Waals surface area contributed by atoms with Gasteiger partial charge in [0.05, 0.1) is 0 Å². The Bertz CT molecular complexity index is 311. The van der Waals surface area contributed by atoms with Crippen LogP contribution in [0, 0.1) is 12.8 Å². The molecule has 0 aromatic carbocycles. The van der Waals surface area contributed by atoms with Crippen LogP contribution >= 0.6 is 0 Å². The first-order valence-electron chi connectivity index (χ1n) is 5.59. The van der Waals surface area contributed by atoms with Gasteiger partial charge in [0.1, 0.15) is 5.82 Å². The second-order valence-electron chi connectivity index (χ2n) is 4.28. The summed E-state index contributed by atoms with van der Waals surface area (Å²) in [6, 6.07) is 1.94. The van der Waals surface area contributed by atoms with Gasteiger partial charge in [-0.25, -0.2) is 4.98 Å². The number of aryl methyl sites for hydroxylation is 1. The first kappa shape index (κ1) is 10.2.